The molecule has 0 spiro atoms. The number of nitrogens with zero attached hydrogens (tertiary/aromatic N) is 3. The molecule has 1 aliphatic heterocycles. The number of rotatable bonds is 3. The van der Waals surface area contributed by atoms with Gasteiger partial charge in [0.1, 0.15) is 5.56 Å². The first-order chi connectivity index (χ1) is 9.25. The van der Waals surface area contributed by atoms with E-state index in [4.69, 9.17) is 0 Å². The highest BCUT2D eigenvalue weighted by Crippen LogP contribution is 2.20. The molecule has 8 heteroatoms. The highest BCUT2D eigenvalue weighted by molar-refractivity contribution is 7.99. The van der Waals surface area contributed by atoms with Crippen LogP contribution in [0.15, 0.2) is 28.7 Å². The number of imidazole rings is 1. The van der Waals surface area contributed by atoms with Gasteiger partial charge in [0.2, 0.25) is 0 Å². The summed E-state index contributed by atoms with van der Waals surface area (Å²) in [6.45, 7) is 0.905. The van der Waals surface area contributed by atoms with E-state index in [-0.39, 0.29) is 11.1 Å². The summed E-state index contributed by atoms with van der Waals surface area (Å²) < 4.78 is 1.54. The lowest BCUT2D eigenvalue weighted by Gasteiger charge is -2.05. The molecule has 2 aromatic heterocycles. The van der Waals surface area contributed by atoms with Gasteiger partial charge in [0.05, 0.1) is 18.6 Å². The van der Waals surface area contributed by atoms with E-state index in [1.807, 2.05) is 0 Å². The average Bonchev–Trinajstić information content (AvgIpc) is 3.07. The van der Waals surface area contributed by atoms with Crippen LogP contribution in [-0.4, -0.2) is 31.2 Å². The molecular weight excluding hydrogens is 266 g/mol. The topological polar surface area (TPSA) is 92.7 Å². The molecule has 98 valence electrons. The number of aromatic nitrogens is 4. The fourth-order valence-corrected chi connectivity index (χ4v) is 2.74. The molecule has 0 radical (unpaired) electrons. The molecule has 0 saturated carbocycles. The average molecular weight is 277 g/mol. The first-order valence-corrected chi connectivity index (χ1v) is 6.72. The molecule has 0 aromatic carbocycles. The maximum Gasteiger partial charge on any atom is 0.267 e. The number of carbonyl (C=O) groups excluding carboxylic acids is 1. The van der Waals surface area contributed by atoms with E-state index < -0.39 is 5.91 Å². The first-order valence-electron chi connectivity index (χ1n) is 5.74. The molecule has 1 amide bonds. The third-order valence-corrected chi connectivity index (χ3v) is 3.77. The molecule has 0 aliphatic carbocycles. The van der Waals surface area contributed by atoms with Crippen molar-refractivity contribution in [2.24, 2.45) is 0 Å². The summed E-state index contributed by atoms with van der Waals surface area (Å²) in [4.78, 5) is 34.9. The number of amides is 1. The fourth-order valence-electron chi connectivity index (χ4n) is 1.83. The van der Waals surface area contributed by atoms with Gasteiger partial charge in [-0.05, 0) is 0 Å². The molecule has 3 heterocycles. The van der Waals surface area contributed by atoms with Crippen LogP contribution in [0, 0.1) is 0 Å². The van der Waals surface area contributed by atoms with Gasteiger partial charge in [0.15, 0.2) is 5.16 Å². The highest BCUT2D eigenvalue weighted by Gasteiger charge is 2.19. The molecule has 0 atom stereocenters. The molecule has 1 aliphatic rings. The van der Waals surface area contributed by atoms with Crippen molar-refractivity contribution < 1.29 is 4.79 Å². The van der Waals surface area contributed by atoms with Crippen LogP contribution in [0.3, 0.4) is 0 Å². The fraction of sp³-hybridized carbons (Fsp3) is 0.273. The van der Waals surface area contributed by atoms with Gasteiger partial charge in [-0.15, -0.1) is 0 Å². The van der Waals surface area contributed by atoms with Gasteiger partial charge >= 0.3 is 0 Å². The van der Waals surface area contributed by atoms with Crippen molar-refractivity contribution in [2.45, 2.75) is 18.2 Å². The van der Waals surface area contributed by atoms with Crippen LogP contribution in [0.2, 0.25) is 0 Å². The van der Waals surface area contributed by atoms with Crippen LogP contribution in [0.5, 0.6) is 0 Å². The van der Waals surface area contributed by atoms with E-state index >= 15 is 0 Å². The van der Waals surface area contributed by atoms with Gasteiger partial charge in [-0.25, -0.2) is 9.97 Å². The van der Waals surface area contributed by atoms with E-state index in [2.05, 4.69) is 20.3 Å². The Morgan fingerprint density at radius 2 is 2.42 bits per heavy atom. The van der Waals surface area contributed by atoms with Crippen LogP contribution in [0.25, 0.3) is 0 Å². The maximum absolute atomic E-state index is 12.1. The number of thioether (sulfide) groups is 1. The van der Waals surface area contributed by atoms with Crippen LogP contribution in [0.4, 0.5) is 0 Å². The van der Waals surface area contributed by atoms with Gasteiger partial charge < -0.3 is 10.3 Å². The molecule has 0 unspecified atom stereocenters. The van der Waals surface area contributed by atoms with Crippen LogP contribution >= 0.6 is 11.8 Å². The number of fused-ring (bicyclic) bond motifs is 1. The van der Waals surface area contributed by atoms with Crippen molar-refractivity contribution in [3.63, 3.8) is 0 Å². The van der Waals surface area contributed by atoms with Crippen molar-refractivity contribution in [1.82, 2.24) is 24.8 Å². The lowest BCUT2D eigenvalue weighted by atomic mass is 10.3. The molecule has 0 saturated heterocycles. The van der Waals surface area contributed by atoms with E-state index in [0.29, 0.717) is 18.2 Å². The zero-order valence-corrected chi connectivity index (χ0v) is 10.7. The van der Waals surface area contributed by atoms with Crippen molar-refractivity contribution in [3.8, 4) is 0 Å². The van der Waals surface area contributed by atoms with Gasteiger partial charge in [0, 0.05) is 24.7 Å². The van der Waals surface area contributed by atoms with Crippen molar-refractivity contribution in [1.29, 1.82) is 0 Å². The lowest BCUT2D eigenvalue weighted by Crippen LogP contribution is -2.33. The largest absolute Gasteiger partial charge is 0.347 e. The quantitative estimate of drug-likeness (QED) is 0.770. The van der Waals surface area contributed by atoms with Crippen molar-refractivity contribution in [3.05, 3.63) is 40.3 Å². The Morgan fingerprint density at radius 3 is 3.21 bits per heavy atom. The lowest BCUT2D eigenvalue weighted by molar-refractivity contribution is 0.0947. The molecule has 0 bridgehead atoms. The minimum Gasteiger partial charge on any atom is -0.347 e. The number of hydrogen-bond acceptors (Lipinski definition) is 5. The summed E-state index contributed by atoms with van der Waals surface area (Å²) >= 11 is 1.52. The van der Waals surface area contributed by atoms with E-state index in [1.165, 1.54) is 28.9 Å². The third-order valence-electron chi connectivity index (χ3n) is 2.80. The number of carbonyl (C=O) groups is 1. The van der Waals surface area contributed by atoms with E-state index in [1.54, 1.807) is 6.20 Å². The Kier molecular flexibility index (Phi) is 3.08. The SMILES string of the molecule is O=C(NCc1cnc[nH]1)c1cnc2n(c1=O)CCS2. The molecular formula is C11H11N5O2S. The summed E-state index contributed by atoms with van der Waals surface area (Å²) in [6, 6.07) is 0. The number of aromatic amines is 1. The molecule has 2 aromatic rings. The summed E-state index contributed by atoms with van der Waals surface area (Å²) in [5.41, 5.74) is 0.570. The van der Waals surface area contributed by atoms with Gasteiger partial charge in [-0.3, -0.25) is 14.2 Å². The smallest absolute Gasteiger partial charge is 0.267 e. The van der Waals surface area contributed by atoms with Crippen molar-refractivity contribution in [2.75, 3.05) is 5.75 Å². The second-order valence-electron chi connectivity index (χ2n) is 4.02. The summed E-state index contributed by atoms with van der Waals surface area (Å²) in [7, 11) is 0. The second kappa shape index (κ2) is 4.88. The standard InChI is InChI=1S/C11H11N5O2S/c17-9(13-4-7-3-12-6-15-7)8-5-14-11-16(10(8)18)1-2-19-11/h3,5-6H,1-2,4H2,(H,12,15)(H,13,17). The Hall–Kier alpha value is -2.09. The predicted molar refractivity (Wildman–Crippen MR) is 69.0 cm³/mol. The van der Waals surface area contributed by atoms with E-state index in [9.17, 15) is 9.59 Å². The van der Waals surface area contributed by atoms with Crippen LogP contribution in [-0.2, 0) is 13.1 Å². The molecule has 3 rings (SSSR count). The molecule has 7 nitrogen and oxygen atoms in total. The van der Waals surface area contributed by atoms with Crippen LogP contribution in [0.1, 0.15) is 16.1 Å². The molecule has 19 heavy (non-hydrogen) atoms. The highest BCUT2D eigenvalue weighted by atomic mass is 32.2. The predicted octanol–water partition coefficient (Wildman–Crippen LogP) is 0.00210. The van der Waals surface area contributed by atoms with Gasteiger partial charge in [-0.2, -0.15) is 0 Å². The minimum absolute atomic E-state index is 0.0748. The zero-order chi connectivity index (χ0) is 13.2. The molecule has 2 N–H and O–H groups in total. The Balaban J connectivity index is 1.79. The number of H-pyrrole nitrogens is 1. The second-order valence-corrected chi connectivity index (χ2v) is 5.08. The molecule has 0 fully saturated rings. The normalized spacial score (nSPS) is 13.3. The summed E-state index contributed by atoms with van der Waals surface area (Å²) in [5.74, 6) is 0.404. The van der Waals surface area contributed by atoms with Crippen LogP contribution < -0.4 is 10.9 Å². The zero-order valence-electron chi connectivity index (χ0n) is 9.92. The number of nitrogens with one attached hydrogen (secondary N) is 2. The first kappa shape index (κ1) is 12.0. The summed E-state index contributed by atoms with van der Waals surface area (Å²) in [6.07, 6.45) is 4.49. The van der Waals surface area contributed by atoms with Gasteiger partial charge in [-0.1, -0.05) is 11.8 Å². The Morgan fingerprint density at radius 1 is 1.53 bits per heavy atom. The van der Waals surface area contributed by atoms with E-state index in [0.717, 1.165) is 11.4 Å². The maximum atomic E-state index is 12.1. The minimum atomic E-state index is -0.417. The van der Waals surface area contributed by atoms with Crippen molar-refractivity contribution >= 4 is 17.7 Å². The number of hydrogen-bond donors (Lipinski definition) is 2. The third kappa shape index (κ3) is 2.26. The monoisotopic (exact) mass is 277 g/mol. The Bertz CT molecular complexity index is 664. The van der Waals surface area contributed by atoms with Gasteiger partial charge in [0.25, 0.3) is 11.5 Å². The summed E-state index contributed by atoms with van der Waals surface area (Å²) in [5, 5.41) is 3.34. The Labute approximate surface area is 112 Å².